The van der Waals surface area contributed by atoms with Gasteiger partial charge in [0.25, 0.3) is 0 Å². The zero-order valence-corrected chi connectivity index (χ0v) is 12.0. The summed E-state index contributed by atoms with van der Waals surface area (Å²) in [5.74, 6) is 0. The highest BCUT2D eigenvalue weighted by Gasteiger charge is 2.09. The molecular formula is C16H21NS. The van der Waals surface area contributed by atoms with Gasteiger partial charge in [0.1, 0.15) is 0 Å². The van der Waals surface area contributed by atoms with Crippen molar-refractivity contribution < 1.29 is 0 Å². The van der Waals surface area contributed by atoms with Crippen LogP contribution in [-0.2, 0) is 6.42 Å². The Bertz CT molecular complexity index is 444. The third kappa shape index (κ3) is 3.36. The summed E-state index contributed by atoms with van der Waals surface area (Å²) in [4.78, 5) is 1.41. The lowest BCUT2D eigenvalue weighted by atomic mass is 10.1. The van der Waals surface area contributed by atoms with Crippen molar-refractivity contribution in [3.63, 3.8) is 0 Å². The van der Waals surface area contributed by atoms with Gasteiger partial charge in [-0.1, -0.05) is 38.5 Å². The normalized spacial score (nSPS) is 12.3. The summed E-state index contributed by atoms with van der Waals surface area (Å²) in [6, 6.07) is 13.6. The topological polar surface area (TPSA) is 12.0 Å². The van der Waals surface area contributed by atoms with Crippen LogP contribution < -0.4 is 5.32 Å². The van der Waals surface area contributed by atoms with E-state index >= 15 is 0 Å². The molecule has 0 saturated heterocycles. The molecule has 2 rings (SSSR count). The Balaban J connectivity index is 2.03. The van der Waals surface area contributed by atoms with E-state index in [1.165, 1.54) is 29.0 Å². The second-order valence-electron chi connectivity index (χ2n) is 4.57. The lowest BCUT2D eigenvalue weighted by Gasteiger charge is -2.17. The van der Waals surface area contributed by atoms with Crippen LogP contribution in [0.15, 0.2) is 41.8 Å². The van der Waals surface area contributed by atoms with Crippen LogP contribution in [0.3, 0.4) is 0 Å². The van der Waals surface area contributed by atoms with Gasteiger partial charge in [0.2, 0.25) is 0 Å². The maximum Gasteiger partial charge on any atom is 0.0603 e. The molecule has 0 fully saturated rings. The Labute approximate surface area is 114 Å². The van der Waals surface area contributed by atoms with Crippen LogP contribution >= 0.6 is 11.3 Å². The van der Waals surface area contributed by atoms with Crippen molar-refractivity contribution in [2.45, 2.75) is 39.2 Å². The second-order valence-corrected chi connectivity index (χ2v) is 5.55. The summed E-state index contributed by atoms with van der Waals surface area (Å²) in [6.07, 6.45) is 3.49. The highest BCUT2D eigenvalue weighted by Crippen LogP contribution is 2.26. The van der Waals surface area contributed by atoms with Crippen LogP contribution in [0, 0.1) is 0 Å². The van der Waals surface area contributed by atoms with Crippen LogP contribution in [-0.4, -0.2) is 0 Å². The largest absolute Gasteiger partial charge is 0.377 e. The van der Waals surface area contributed by atoms with Crippen molar-refractivity contribution >= 4 is 17.0 Å². The minimum Gasteiger partial charge on any atom is -0.377 e. The van der Waals surface area contributed by atoms with Crippen molar-refractivity contribution in [3.8, 4) is 0 Å². The van der Waals surface area contributed by atoms with Gasteiger partial charge in [0.15, 0.2) is 0 Å². The fraction of sp³-hybridized carbons (Fsp3) is 0.375. The molecule has 1 unspecified atom stereocenters. The number of thiophene rings is 1. The lowest BCUT2D eigenvalue weighted by Crippen LogP contribution is -2.07. The van der Waals surface area contributed by atoms with E-state index in [1.54, 1.807) is 0 Å². The fourth-order valence-electron chi connectivity index (χ4n) is 2.12. The highest BCUT2D eigenvalue weighted by atomic mass is 32.1. The summed E-state index contributed by atoms with van der Waals surface area (Å²) >= 11 is 1.82. The number of anilines is 1. The van der Waals surface area contributed by atoms with Gasteiger partial charge in [0, 0.05) is 10.6 Å². The Hall–Kier alpha value is -1.28. The Morgan fingerprint density at radius 1 is 1.11 bits per heavy atom. The highest BCUT2D eigenvalue weighted by molar-refractivity contribution is 7.10. The molecule has 0 aliphatic heterocycles. The van der Waals surface area contributed by atoms with Crippen molar-refractivity contribution in [1.29, 1.82) is 0 Å². The van der Waals surface area contributed by atoms with Crippen LogP contribution in [0.5, 0.6) is 0 Å². The summed E-state index contributed by atoms with van der Waals surface area (Å²) in [5.41, 5.74) is 2.64. The molecule has 96 valence electrons. The van der Waals surface area contributed by atoms with Crippen molar-refractivity contribution in [2.24, 2.45) is 0 Å². The Morgan fingerprint density at radius 2 is 1.89 bits per heavy atom. The number of hydrogen-bond donors (Lipinski definition) is 1. The van der Waals surface area contributed by atoms with Gasteiger partial charge in [-0.15, -0.1) is 11.3 Å². The molecule has 1 aromatic heterocycles. The van der Waals surface area contributed by atoms with E-state index in [9.17, 15) is 0 Å². The first kappa shape index (κ1) is 13.2. The molecule has 0 amide bonds. The van der Waals surface area contributed by atoms with Gasteiger partial charge in [-0.2, -0.15) is 0 Å². The first-order chi connectivity index (χ1) is 8.83. The third-order valence-electron chi connectivity index (χ3n) is 3.13. The predicted molar refractivity (Wildman–Crippen MR) is 81.4 cm³/mol. The molecular weight excluding hydrogens is 238 g/mol. The van der Waals surface area contributed by atoms with Gasteiger partial charge < -0.3 is 5.32 Å². The van der Waals surface area contributed by atoms with Gasteiger partial charge in [-0.3, -0.25) is 0 Å². The molecule has 1 atom stereocenters. The molecule has 2 aromatic rings. The molecule has 0 aliphatic carbocycles. The van der Waals surface area contributed by atoms with E-state index in [1.807, 2.05) is 11.3 Å². The molecule has 1 heterocycles. The summed E-state index contributed by atoms with van der Waals surface area (Å²) in [7, 11) is 0. The van der Waals surface area contributed by atoms with Crippen LogP contribution in [0.1, 0.15) is 43.2 Å². The molecule has 0 saturated carbocycles. The maximum absolute atomic E-state index is 3.61. The maximum atomic E-state index is 3.61. The number of rotatable bonds is 6. The number of aryl methyl sites for hydroxylation is 1. The molecule has 0 spiro atoms. The first-order valence-electron chi connectivity index (χ1n) is 6.72. The van der Waals surface area contributed by atoms with Crippen molar-refractivity contribution in [1.82, 2.24) is 0 Å². The minimum atomic E-state index is 0.432. The minimum absolute atomic E-state index is 0.432. The number of hydrogen-bond acceptors (Lipinski definition) is 2. The standard InChI is InChI=1S/C16H21NS/c1-3-6-13-8-10-14(11-9-13)17-15(4-2)16-7-5-12-18-16/h5,7-12,15,17H,3-4,6H2,1-2H3. The average molecular weight is 259 g/mol. The summed E-state index contributed by atoms with van der Waals surface area (Å²) in [5, 5.41) is 5.75. The van der Waals surface area contributed by atoms with Gasteiger partial charge in [-0.05, 0) is 42.0 Å². The monoisotopic (exact) mass is 259 g/mol. The van der Waals surface area contributed by atoms with E-state index in [0.29, 0.717) is 6.04 Å². The van der Waals surface area contributed by atoms with Gasteiger partial charge in [0.05, 0.1) is 6.04 Å². The Kier molecular flexibility index (Phi) is 4.82. The van der Waals surface area contributed by atoms with Gasteiger partial charge >= 0.3 is 0 Å². The third-order valence-corrected chi connectivity index (χ3v) is 4.11. The molecule has 2 heteroatoms. The van der Waals surface area contributed by atoms with E-state index in [-0.39, 0.29) is 0 Å². The Morgan fingerprint density at radius 3 is 2.44 bits per heavy atom. The van der Waals surface area contributed by atoms with Crippen LogP contribution in [0.25, 0.3) is 0 Å². The molecule has 1 aromatic carbocycles. The van der Waals surface area contributed by atoms with E-state index in [4.69, 9.17) is 0 Å². The smallest absolute Gasteiger partial charge is 0.0603 e. The summed E-state index contributed by atoms with van der Waals surface area (Å²) < 4.78 is 0. The molecule has 1 N–H and O–H groups in total. The molecule has 0 radical (unpaired) electrons. The van der Waals surface area contributed by atoms with E-state index in [2.05, 4.69) is 60.9 Å². The van der Waals surface area contributed by atoms with Crippen molar-refractivity contribution in [3.05, 3.63) is 52.2 Å². The predicted octanol–water partition coefficient (Wildman–Crippen LogP) is 5.26. The van der Waals surface area contributed by atoms with Gasteiger partial charge in [-0.25, -0.2) is 0 Å². The molecule has 1 nitrogen and oxygen atoms in total. The zero-order chi connectivity index (χ0) is 12.8. The van der Waals surface area contributed by atoms with Crippen molar-refractivity contribution in [2.75, 3.05) is 5.32 Å². The number of benzene rings is 1. The fourth-order valence-corrected chi connectivity index (χ4v) is 2.98. The molecule has 18 heavy (non-hydrogen) atoms. The summed E-state index contributed by atoms with van der Waals surface area (Å²) in [6.45, 7) is 4.44. The van der Waals surface area contributed by atoms with E-state index < -0.39 is 0 Å². The zero-order valence-electron chi connectivity index (χ0n) is 11.1. The van der Waals surface area contributed by atoms with Crippen LogP contribution in [0.2, 0.25) is 0 Å². The molecule has 0 aliphatic rings. The average Bonchev–Trinajstić information content (AvgIpc) is 2.92. The second kappa shape index (κ2) is 6.60. The quantitative estimate of drug-likeness (QED) is 0.745. The van der Waals surface area contributed by atoms with Crippen LogP contribution in [0.4, 0.5) is 5.69 Å². The SMILES string of the molecule is CCCc1ccc(NC(CC)c2cccs2)cc1. The van der Waals surface area contributed by atoms with E-state index in [0.717, 1.165) is 6.42 Å². The lowest BCUT2D eigenvalue weighted by molar-refractivity contribution is 0.764. The first-order valence-corrected chi connectivity index (χ1v) is 7.60. The molecule has 0 bridgehead atoms. The number of nitrogens with one attached hydrogen (secondary N) is 1.